The van der Waals surface area contributed by atoms with Crippen LogP contribution in [0.15, 0.2) is 48.7 Å². The normalized spacial score (nSPS) is 16.2. The van der Waals surface area contributed by atoms with E-state index in [1.807, 2.05) is 32.2 Å². The van der Waals surface area contributed by atoms with Crippen molar-refractivity contribution in [2.45, 2.75) is 46.5 Å². The molecular formula is C27H29N4+. The van der Waals surface area contributed by atoms with Gasteiger partial charge in [0, 0.05) is 8.81 Å². The minimum atomic E-state index is -1.46. The average Bonchev–Trinajstić information content (AvgIpc) is 3.28. The van der Waals surface area contributed by atoms with E-state index in [0.717, 1.165) is 39.1 Å². The lowest BCUT2D eigenvalue weighted by atomic mass is 9.80. The minimum absolute atomic E-state index is 0.151. The maximum absolute atomic E-state index is 9.03. The molecule has 0 atom stereocenters. The molecule has 4 heteroatoms. The molecule has 0 N–H and O–H groups in total. The number of aromatic nitrogens is 4. The van der Waals surface area contributed by atoms with Crippen LogP contribution < -0.4 is 4.57 Å². The number of hydrogen-bond donors (Lipinski definition) is 0. The van der Waals surface area contributed by atoms with Crippen LogP contribution in [0.3, 0.4) is 0 Å². The summed E-state index contributed by atoms with van der Waals surface area (Å²) in [5.41, 5.74) is 9.12. The van der Waals surface area contributed by atoms with E-state index in [2.05, 4.69) is 71.7 Å². The highest BCUT2D eigenvalue weighted by molar-refractivity contribution is 6.01. The third-order valence-corrected chi connectivity index (χ3v) is 6.75. The van der Waals surface area contributed by atoms with E-state index >= 15 is 0 Å². The Bertz CT molecular complexity index is 1620. The largest absolute Gasteiger partial charge is 0.299 e. The maximum Gasteiger partial charge on any atom is 0.220 e. The summed E-state index contributed by atoms with van der Waals surface area (Å²) in [5, 5.41) is 0. The first-order valence-electron chi connectivity index (χ1n) is 12.0. The molecule has 0 spiro atoms. The van der Waals surface area contributed by atoms with E-state index in [9.17, 15) is 0 Å². The fraction of sp³-hybridized carbons (Fsp3) is 0.333. The highest BCUT2D eigenvalue weighted by Gasteiger charge is 2.43. The van der Waals surface area contributed by atoms with Gasteiger partial charge in [-0.25, -0.2) is 9.55 Å². The van der Waals surface area contributed by atoms with Crippen molar-refractivity contribution in [1.29, 1.82) is 0 Å². The predicted octanol–water partition coefficient (Wildman–Crippen LogP) is 5.54. The molecule has 0 aliphatic carbocycles. The van der Waals surface area contributed by atoms with E-state index < -0.39 is 11.9 Å². The number of pyridine rings is 1. The number of hydrogen-bond acceptors (Lipinski definition) is 1. The molecule has 0 radical (unpaired) electrons. The van der Waals surface area contributed by atoms with Crippen molar-refractivity contribution < 1.29 is 7.31 Å². The Kier molecular flexibility index (Phi) is 3.18. The van der Waals surface area contributed by atoms with Crippen molar-refractivity contribution in [3.63, 3.8) is 0 Å². The SMILES string of the molecule is [2H]C([2H])(c1cc[n+](C)c2c1C(C)(C)n1c3c-2c(C)ccc3n2c3ccccc3nc12)C(C)C. The van der Waals surface area contributed by atoms with Crippen molar-refractivity contribution >= 4 is 27.8 Å². The molecule has 0 unspecified atom stereocenters. The van der Waals surface area contributed by atoms with Crippen LogP contribution in [0.5, 0.6) is 0 Å². The van der Waals surface area contributed by atoms with Gasteiger partial charge >= 0.3 is 0 Å². The molecule has 0 fully saturated rings. The van der Waals surface area contributed by atoms with Crippen molar-refractivity contribution in [3.8, 4) is 11.3 Å². The molecule has 5 aromatic rings. The third-order valence-electron chi connectivity index (χ3n) is 6.75. The Balaban J connectivity index is 1.89. The zero-order valence-electron chi connectivity index (χ0n) is 21.0. The first-order chi connectivity index (χ1) is 15.6. The van der Waals surface area contributed by atoms with E-state index in [0.29, 0.717) is 0 Å². The van der Waals surface area contributed by atoms with Gasteiger partial charge in [0.05, 0.1) is 38.7 Å². The molecule has 4 heterocycles. The van der Waals surface area contributed by atoms with Gasteiger partial charge in [-0.05, 0) is 62.4 Å². The van der Waals surface area contributed by atoms with Crippen LogP contribution in [0.4, 0.5) is 0 Å². The van der Waals surface area contributed by atoms with Gasteiger partial charge in [-0.1, -0.05) is 32.0 Å². The molecule has 1 aliphatic heterocycles. The second-order valence-corrected chi connectivity index (χ2v) is 9.62. The zero-order chi connectivity index (χ0) is 23.4. The molecule has 0 amide bonds. The van der Waals surface area contributed by atoms with Gasteiger partial charge in [0.2, 0.25) is 11.5 Å². The molecule has 2 aromatic carbocycles. The van der Waals surface area contributed by atoms with Gasteiger partial charge in [0.1, 0.15) is 7.05 Å². The minimum Gasteiger partial charge on any atom is -0.299 e. The van der Waals surface area contributed by atoms with Crippen LogP contribution in [-0.2, 0) is 19.0 Å². The highest BCUT2D eigenvalue weighted by atomic mass is 15.2. The molecule has 3 aromatic heterocycles. The fourth-order valence-corrected chi connectivity index (χ4v) is 5.53. The Labute approximate surface area is 185 Å². The summed E-state index contributed by atoms with van der Waals surface area (Å²) in [6.45, 7) is 10.5. The molecular weight excluding hydrogens is 380 g/mol. The van der Waals surface area contributed by atoms with Gasteiger partial charge in [-0.3, -0.25) is 8.97 Å². The number of aryl methyl sites for hydroxylation is 2. The van der Waals surface area contributed by atoms with E-state index in [1.165, 1.54) is 16.6 Å². The summed E-state index contributed by atoms with van der Waals surface area (Å²) in [7, 11) is 2.07. The Morgan fingerprint density at radius 3 is 2.65 bits per heavy atom. The average molecular weight is 412 g/mol. The van der Waals surface area contributed by atoms with Gasteiger partial charge in [-0.15, -0.1) is 0 Å². The first kappa shape index (κ1) is 16.5. The monoisotopic (exact) mass is 411 g/mol. The van der Waals surface area contributed by atoms with Crippen molar-refractivity contribution in [2.24, 2.45) is 13.0 Å². The number of fused-ring (bicyclic) bond motifs is 7. The summed E-state index contributed by atoms with van der Waals surface area (Å²) >= 11 is 0. The summed E-state index contributed by atoms with van der Waals surface area (Å²) < 4.78 is 24.8. The van der Waals surface area contributed by atoms with Crippen molar-refractivity contribution in [2.75, 3.05) is 0 Å². The van der Waals surface area contributed by atoms with Gasteiger partial charge in [0.15, 0.2) is 6.20 Å². The standard InChI is InChI=1S/C27H29N4/c1-16(2)15-18-13-14-29(6)25-22-17(3)11-12-21-24(22)31(27(4,5)23(18)25)26-28-19-9-7-8-10-20(19)30(21)26/h7-14,16H,15H2,1-6H3/q+1/i15D2. The summed E-state index contributed by atoms with van der Waals surface area (Å²) in [6.07, 6.45) is 0.556. The van der Waals surface area contributed by atoms with Crippen LogP contribution in [0.1, 0.15) is 47.1 Å². The number of imidazole rings is 2. The lowest BCUT2D eigenvalue weighted by molar-refractivity contribution is -0.661. The number of para-hydroxylation sites is 2. The maximum atomic E-state index is 9.03. The summed E-state index contributed by atoms with van der Waals surface area (Å²) in [4.78, 5) is 5.07. The second-order valence-electron chi connectivity index (χ2n) is 9.62. The molecule has 4 nitrogen and oxygen atoms in total. The van der Waals surface area contributed by atoms with Gasteiger partial charge < -0.3 is 0 Å². The molecule has 6 rings (SSSR count). The zero-order valence-corrected chi connectivity index (χ0v) is 19.0. The molecule has 1 aliphatic rings. The van der Waals surface area contributed by atoms with Crippen molar-refractivity contribution in [3.05, 3.63) is 65.4 Å². The van der Waals surface area contributed by atoms with Crippen LogP contribution in [0.25, 0.3) is 39.1 Å². The van der Waals surface area contributed by atoms with E-state index in [1.54, 1.807) is 0 Å². The van der Waals surface area contributed by atoms with Crippen LogP contribution in [0.2, 0.25) is 0 Å². The number of rotatable bonds is 2. The molecule has 0 saturated carbocycles. The highest BCUT2D eigenvalue weighted by Crippen LogP contribution is 2.48. The molecule has 0 bridgehead atoms. The lowest BCUT2D eigenvalue weighted by Crippen LogP contribution is -2.41. The van der Waals surface area contributed by atoms with Crippen LogP contribution in [0, 0.1) is 12.8 Å². The van der Waals surface area contributed by atoms with Crippen LogP contribution >= 0.6 is 0 Å². The molecule has 31 heavy (non-hydrogen) atoms. The topological polar surface area (TPSA) is 26.1 Å². The Morgan fingerprint density at radius 2 is 1.87 bits per heavy atom. The second kappa shape index (κ2) is 5.97. The predicted molar refractivity (Wildman–Crippen MR) is 127 cm³/mol. The van der Waals surface area contributed by atoms with Crippen molar-refractivity contribution in [1.82, 2.24) is 14.0 Å². The lowest BCUT2D eigenvalue weighted by Gasteiger charge is -2.35. The Hall–Kier alpha value is -3.14. The van der Waals surface area contributed by atoms with Gasteiger partial charge in [0.25, 0.3) is 0 Å². The molecule has 156 valence electrons. The third kappa shape index (κ3) is 2.25. The van der Waals surface area contributed by atoms with Crippen LogP contribution in [-0.4, -0.2) is 14.0 Å². The van der Waals surface area contributed by atoms with Gasteiger partial charge in [-0.2, -0.15) is 0 Å². The Morgan fingerprint density at radius 1 is 1.10 bits per heavy atom. The quantitative estimate of drug-likeness (QED) is 0.350. The smallest absolute Gasteiger partial charge is 0.220 e. The fourth-order valence-electron chi connectivity index (χ4n) is 5.53. The summed E-state index contributed by atoms with van der Waals surface area (Å²) in [5.74, 6) is 0.748. The van der Waals surface area contributed by atoms with E-state index in [4.69, 9.17) is 7.73 Å². The number of nitrogens with zero attached hydrogens (tertiary/aromatic N) is 4. The first-order valence-corrected chi connectivity index (χ1v) is 11.0. The van der Waals surface area contributed by atoms with E-state index in [-0.39, 0.29) is 5.92 Å². The number of benzene rings is 2. The molecule has 0 saturated heterocycles. The summed E-state index contributed by atoms with van der Waals surface area (Å²) in [6, 6.07) is 14.6.